The predicted molar refractivity (Wildman–Crippen MR) is 156 cm³/mol. The normalized spacial score (nSPS) is 13.6. The molecule has 232 valence electrons. The zero-order chi connectivity index (χ0) is 31.5. The molecule has 0 bridgehead atoms. The molecule has 0 atom stereocenters. The number of carboxylic acids is 1. The van der Waals surface area contributed by atoms with E-state index in [9.17, 15) is 31.5 Å². The highest BCUT2D eigenvalue weighted by molar-refractivity contribution is 7.90. The SMILES string of the molecule is Cc1oc(-c2ccc(C(F)(F)F)cc2)nc1CCOc1ccc(CN(CC(=O)O)S(=O)(=O)N2CCCc3ccccc32)cc1. The van der Waals surface area contributed by atoms with Gasteiger partial charge in [-0.1, -0.05) is 30.3 Å². The van der Waals surface area contributed by atoms with Crippen molar-refractivity contribution in [2.45, 2.75) is 38.9 Å². The number of alkyl halides is 3. The number of hydrogen-bond acceptors (Lipinski definition) is 6. The van der Waals surface area contributed by atoms with Crippen LogP contribution in [0.5, 0.6) is 5.75 Å². The number of ether oxygens (including phenoxy) is 1. The van der Waals surface area contributed by atoms with Crippen molar-refractivity contribution in [2.24, 2.45) is 0 Å². The van der Waals surface area contributed by atoms with Gasteiger partial charge in [-0.2, -0.15) is 25.9 Å². The van der Waals surface area contributed by atoms with Crippen molar-refractivity contribution < 1.29 is 40.6 Å². The third-order valence-electron chi connectivity index (χ3n) is 7.23. The number of nitrogens with zero attached hydrogens (tertiary/aromatic N) is 3. The molecule has 44 heavy (non-hydrogen) atoms. The quantitative estimate of drug-likeness (QED) is 0.221. The second kappa shape index (κ2) is 12.7. The first-order chi connectivity index (χ1) is 20.9. The molecule has 0 saturated heterocycles. The van der Waals surface area contributed by atoms with Gasteiger partial charge in [0.15, 0.2) is 0 Å². The molecule has 0 fully saturated rings. The van der Waals surface area contributed by atoms with Gasteiger partial charge in [0.2, 0.25) is 5.89 Å². The van der Waals surface area contributed by atoms with E-state index in [0.29, 0.717) is 46.9 Å². The summed E-state index contributed by atoms with van der Waals surface area (Å²) < 4.78 is 79.5. The van der Waals surface area contributed by atoms with Crippen LogP contribution in [0.1, 0.15) is 34.6 Å². The number of carbonyl (C=O) groups is 1. The van der Waals surface area contributed by atoms with E-state index >= 15 is 0 Å². The number of fused-ring (bicyclic) bond motifs is 1. The standard InChI is InChI=1S/C31H30F3N3O6S/c1-21-27(35-30(43-21)24-10-12-25(13-11-24)31(32,33)34)16-18-42-26-14-8-22(9-15-26)19-36(20-29(38)39)44(40,41)37-17-4-6-23-5-2-3-7-28(23)37/h2-3,5,7-15H,4,6,16-20H2,1H3,(H,38,39). The summed E-state index contributed by atoms with van der Waals surface area (Å²) in [5, 5.41) is 9.48. The fourth-order valence-electron chi connectivity index (χ4n) is 4.99. The van der Waals surface area contributed by atoms with Crippen molar-refractivity contribution in [3.8, 4) is 17.2 Å². The van der Waals surface area contributed by atoms with E-state index in [4.69, 9.17) is 9.15 Å². The summed E-state index contributed by atoms with van der Waals surface area (Å²) in [6, 6.07) is 18.5. The highest BCUT2D eigenvalue weighted by Gasteiger charge is 2.34. The molecule has 2 heterocycles. The molecule has 0 spiro atoms. The number of aliphatic carboxylic acids is 1. The number of aromatic nitrogens is 1. The van der Waals surface area contributed by atoms with Crippen LogP contribution in [0, 0.1) is 6.92 Å². The zero-order valence-electron chi connectivity index (χ0n) is 23.8. The highest BCUT2D eigenvalue weighted by atomic mass is 32.2. The first kappa shape index (κ1) is 31.1. The van der Waals surface area contributed by atoms with Crippen molar-refractivity contribution in [3.63, 3.8) is 0 Å². The van der Waals surface area contributed by atoms with Crippen LogP contribution in [0.2, 0.25) is 0 Å². The molecular formula is C31H30F3N3O6S. The topological polar surface area (TPSA) is 113 Å². The fourth-order valence-corrected chi connectivity index (χ4v) is 6.64. The van der Waals surface area contributed by atoms with Crippen molar-refractivity contribution in [1.29, 1.82) is 0 Å². The summed E-state index contributed by atoms with van der Waals surface area (Å²) in [5.41, 5.74) is 2.31. The Morgan fingerprint density at radius 1 is 1.07 bits per heavy atom. The average Bonchev–Trinajstić information content (AvgIpc) is 3.36. The van der Waals surface area contributed by atoms with Gasteiger partial charge in [0, 0.05) is 25.1 Å². The summed E-state index contributed by atoms with van der Waals surface area (Å²) in [5.74, 6) is -0.0155. The van der Waals surface area contributed by atoms with Gasteiger partial charge in [-0.15, -0.1) is 0 Å². The molecule has 1 N–H and O–H groups in total. The minimum absolute atomic E-state index is 0.140. The lowest BCUT2D eigenvalue weighted by atomic mass is 10.0. The number of hydrogen-bond donors (Lipinski definition) is 1. The molecule has 0 saturated carbocycles. The van der Waals surface area contributed by atoms with Gasteiger partial charge in [0.05, 0.1) is 23.6 Å². The van der Waals surface area contributed by atoms with E-state index in [0.717, 1.165) is 28.4 Å². The van der Waals surface area contributed by atoms with E-state index in [-0.39, 0.29) is 25.6 Å². The molecule has 1 aliphatic rings. The third kappa shape index (κ3) is 7.05. The fraction of sp³-hybridized carbons (Fsp3) is 0.290. The summed E-state index contributed by atoms with van der Waals surface area (Å²) >= 11 is 0. The Morgan fingerprint density at radius 3 is 2.45 bits per heavy atom. The minimum Gasteiger partial charge on any atom is -0.493 e. The molecule has 1 aromatic heterocycles. The average molecular weight is 630 g/mol. The van der Waals surface area contributed by atoms with Crippen LogP contribution in [0.15, 0.2) is 77.2 Å². The lowest BCUT2D eigenvalue weighted by molar-refractivity contribution is -0.138. The molecule has 1 aliphatic heterocycles. The largest absolute Gasteiger partial charge is 0.493 e. The minimum atomic E-state index is -4.43. The molecule has 0 radical (unpaired) electrons. The molecule has 3 aromatic carbocycles. The lowest BCUT2D eigenvalue weighted by Gasteiger charge is -2.34. The van der Waals surface area contributed by atoms with Gasteiger partial charge in [-0.25, -0.2) is 4.98 Å². The summed E-state index contributed by atoms with van der Waals surface area (Å²) in [4.78, 5) is 16.0. The Kier molecular flexibility index (Phi) is 8.97. The molecular weight excluding hydrogens is 599 g/mol. The zero-order valence-corrected chi connectivity index (χ0v) is 24.6. The molecule has 0 amide bonds. The van der Waals surface area contributed by atoms with E-state index in [1.165, 1.54) is 16.4 Å². The monoisotopic (exact) mass is 629 g/mol. The van der Waals surface area contributed by atoms with Crippen LogP contribution >= 0.6 is 0 Å². The maximum Gasteiger partial charge on any atom is 0.416 e. The highest BCUT2D eigenvalue weighted by Crippen LogP contribution is 2.32. The Hall–Kier alpha value is -4.36. The number of oxazole rings is 1. The molecule has 0 aliphatic carbocycles. The third-order valence-corrected chi connectivity index (χ3v) is 9.07. The maximum atomic E-state index is 13.6. The number of rotatable bonds is 11. The number of para-hydroxylation sites is 1. The summed E-state index contributed by atoms with van der Waals surface area (Å²) in [6.45, 7) is 1.37. The van der Waals surface area contributed by atoms with E-state index in [1.54, 1.807) is 43.3 Å². The number of carboxylic acid groups (broad SMARTS) is 1. The first-order valence-electron chi connectivity index (χ1n) is 13.8. The molecule has 9 nitrogen and oxygen atoms in total. The van der Waals surface area contributed by atoms with Gasteiger partial charge < -0.3 is 14.3 Å². The first-order valence-corrected chi connectivity index (χ1v) is 15.2. The second-order valence-electron chi connectivity index (χ2n) is 10.3. The van der Waals surface area contributed by atoms with Crippen LogP contribution in [-0.4, -0.2) is 48.5 Å². The smallest absolute Gasteiger partial charge is 0.416 e. The summed E-state index contributed by atoms with van der Waals surface area (Å²) in [6.07, 6.45) is -2.67. The molecule has 0 unspecified atom stereocenters. The van der Waals surface area contributed by atoms with Gasteiger partial charge in [-0.05, 0) is 73.4 Å². The van der Waals surface area contributed by atoms with Crippen molar-refractivity contribution in [3.05, 3.63) is 101 Å². The van der Waals surface area contributed by atoms with Crippen molar-refractivity contribution >= 4 is 21.9 Å². The second-order valence-corrected chi connectivity index (χ2v) is 12.2. The Bertz CT molecular complexity index is 1720. The molecule has 4 aromatic rings. The summed E-state index contributed by atoms with van der Waals surface area (Å²) in [7, 11) is -4.13. The Labute approximate surface area is 252 Å². The van der Waals surface area contributed by atoms with Crippen molar-refractivity contribution in [1.82, 2.24) is 9.29 Å². The number of halogens is 3. The number of aryl methyl sites for hydroxylation is 2. The van der Waals surface area contributed by atoms with Crippen LogP contribution in [-0.2, 0) is 40.6 Å². The van der Waals surface area contributed by atoms with Crippen molar-refractivity contribution in [2.75, 3.05) is 24.0 Å². The Balaban J connectivity index is 1.21. The maximum absolute atomic E-state index is 13.6. The van der Waals surface area contributed by atoms with Gasteiger partial charge in [-0.3, -0.25) is 9.10 Å². The number of anilines is 1. The van der Waals surface area contributed by atoms with Crippen LogP contribution in [0.3, 0.4) is 0 Å². The van der Waals surface area contributed by atoms with Crippen LogP contribution < -0.4 is 9.04 Å². The van der Waals surface area contributed by atoms with Gasteiger partial charge in [0.1, 0.15) is 18.1 Å². The lowest BCUT2D eigenvalue weighted by Crippen LogP contribution is -2.47. The van der Waals surface area contributed by atoms with E-state index in [1.807, 2.05) is 12.1 Å². The van der Waals surface area contributed by atoms with Gasteiger partial charge in [0.25, 0.3) is 0 Å². The van der Waals surface area contributed by atoms with E-state index < -0.39 is 34.5 Å². The van der Waals surface area contributed by atoms with Crippen LogP contribution in [0.4, 0.5) is 18.9 Å². The van der Waals surface area contributed by atoms with Gasteiger partial charge >= 0.3 is 22.4 Å². The molecule has 5 rings (SSSR count). The van der Waals surface area contributed by atoms with Crippen LogP contribution in [0.25, 0.3) is 11.5 Å². The predicted octanol–water partition coefficient (Wildman–Crippen LogP) is 5.87. The number of benzene rings is 3. The molecule has 13 heteroatoms. The van der Waals surface area contributed by atoms with E-state index in [2.05, 4.69) is 4.98 Å². The Morgan fingerprint density at radius 2 is 1.77 bits per heavy atom.